The Balaban J connectivity index is 1.52. The maximum absolute atomic E-state index is 12.6. The van der Waals surface area contributed by atoms with Crippen LogP contribution in [-0.2, 0) is 4.79 Å². The Morgan fingerprint density at radius 2 is 1.92 bits per heavy atom. The van der Waals surface area contributed by atoms with E-state index in [1.54, 1.807) is 0 Å². The molecule has 0 bridgehead atoms. The molecule has 0 N–H and O–H groups in total. The first kappa shape index (κ1) is 18.4. The summed E-state index contributed by atoms with van der Waals surface area (Å²) in [5.41, 5.74) is 0.465. The SMILES string of the molecule is CC1CC(C)CN(C(=O)CN2CCN(c3snc(Cl)c3C#N)CC2)C1. The van der Waals surface area contributed by atoms with Crippen LogP contribution in [0.3, 0.4) is 0 Å². The summed E-state index contributed by atoms with van der Waals surface area (Å²) in [6, 6.07) is 2.14. The highest BCUT2D eigenvalue weighted by molar-refractivity contribution is 7.10. The van der Waals surface area contributed by atoms with Gasteiger partial charge in [0.2, 0.25) is 5.91 Å². The van der Waals surface area contributed by atoms with Crippen LogP contribution < -0.4 is 4.90 Å². The minimum Gasteiger partial charge on any atom is -0.358 e. The molecule has 2 atom stereocenters. The van der Waals surface area contributed by atoms with E-state index in [0.29, 0.717) is 23.9 Å². The lowest BCUT2D eigenvalue weighted by Crippen LogP contribution is -2.52. The standard InChI is InChI=1S/C17H24ClN5OS/c1-12-7-13(2)10-23(9-12)15(24)11-21-3-5-22(6-4-21)17-14(8-19)16(18)20-25-17/h12-13H,3-7,9-11H2,1-2H3. The number of likely N-dealkylation sites (tertiary alicyclic amines) is 1. The molecule has 2 aliphatic rings. The molecule has 2 aliphatic heterocycles. The number of carbonyl (C=O) groups excluding carboxylic acids is 1. The summed E-state index contributed by atoms with van der Waals surface area (Å²) in [5, 5.41) is 10.4. The van der Waals surface area contributed by atoms with Gasteiger partial charge in [0.25, 0.3) is 0 Å². The lowest BCUT2D eigenvalue weighted by Gasteiger charge is -2.38. The Labute approximate surface area is 158 Å². The second-order valence-corrected chi connectivity index (χ2v) is 8.38. The quantitative estimate of drug-likeness (QED) is 0.803. The van der Waals surface area contributed by atoms with E-state index < -0.39 is 0 Å². The van der Waals surface area contributed by atoms with Crippen molar-refractivity contribution in [3.05, 3.63) is 10.7 Å². The van der Waals surface area contributed by atoms with E-state index in [2.05, 4.69) is 34.1 Å². The molecule has 8 heteroatoms. The Morgan fingerprint density at radius 1 is 1.28 bits per heavy atom. The van der Waals surface area contributed by atoms with E-state index >= 15 is 0 Å². The van der Waals surface area contributed by atoms with Crippen LogP contribution in [-0.4, -0.2) is 65.9 Å². The van der Waals surface area contributed by atoms with E-state index in [9.17, 15) is 10.1 Å². The molecule has 0 spiro atoms. The maximum atomic E-state index is 12.6. The summed E-state index contributed by atoms with van der Waals surface area (Å²) in [6.07, 6.45) is 1.21. The molecular weight excluding hydrogens is 358 g/mol. The zero-order chi connectivity index (χ0) is 18.0. The fourth-order valence-electron chi connectivity index (χ4n) is 3.84. The molecule has 6 nitrogen and oxygen atoms in total. The third-order valence-electron chi connectivity index (χ3n) is 4.98. The van der Waals surface area contributed by atoms with Crippen LogP contribution in [0.4, 0.5) is 5.00 Å². The van der Waals surface area contributed by atoms with Gasteiger partial charge < -0.3 is 9.80 Å². The number of nitriles is 1. The molecule has 2 fully saturated rings. The van der Waals surface area contributed by atoms with Gasteiger partial charge in [0.1, 0.15) is 16.6 Å². The first-order chi connectivity index (χ1) is 12.0. The van der Waals surface area contributed by atoms with Gasteiger partial charge in [0.05, 0.1) is 6.54 Å². The molecule has 2 saturated heterocycles. The van der Waals surface area contributed by atoms with Crippen molar-refractivity contribution in [2.24, 2.45) is 11.8 Å². The van der Waals surface area contributed by atoms with Crippen molar-refractivity contribution < 1.29 is 4.79 Å². The molecule has 25 heavy (non-hydrogen) atoms. The van der Waals surface area contributed by atoms with E-state index in [0.717, 1.165) is 44.3 Å². The van der Waals surface area contributed by atoms with Crippen LogP contribution >= 0.6 is 23.1 Å². The zero-order valence-electron chi connectivity index (χ0n) is 14.7. The van der Waals surface area contributed by atoms with Gasteiger partial charge in [-0.05, 0) is 29.8 Å². The van der Waals surface area contributed by atoms with Crippen molar-refractivity contribution in [3.63, 3.8) is 0 Å². The number of hydrogen-bond acceptors (Lipinski definition) is 6. The third-order valence-corrected chi connectivity index (χ3v) is 6.27. The van der Waals surface area contributed by atoms with Crippen molar-refractivity contribution in [1.29, 1.82) is 5.26 Å². The highest BCUT2D eigenvalue weighted by atomic mass is 35.5. The van der Waals surface area contributed by atoms with Crippen molar-refractivity contribution in [2.75, 3.05) is 50.7 Å². The second kappa shape index (κ2) is 7.90. The third kappa shape index (κ3) is 4.25. The van der Waals surface area contributed by atoms with Gasteiger partial charge in [0.15, 0.2) is 5.15 Å². The molecule has 1 aromatic heterocycles. The van der Waals surface area contributed by atoms with E-state index in [1.807, 2.05) is 4.90 Å². The van der Waals surface area contributed by atoms with Crippen LogP contribution in [0.15, 0.2) is 0 Å². The smallest absolute Gasteiger partial charge is 0.236 e. The van der Waals surface area contributed by atoms with Gasteiger partial charge in [-0.3, -0.25) is 9.69 Å². The molecular formula is C17H24ClN5OS. The summed E-state index contributed by atoms with van der Waals surface area (Å²) >= 11 is 7.23. The monoisotopic (exact) mass is 381 g/mol. The van der Waals surface area contributed by atoms with Crippen LogP contribution in [0.1, 0.15) is 25.8 Å². The minimum atomic E-state index is 0.241. The van der Waals surface area contributed by atoms with Crippen LogP contribution in [0, 0.1) is 23.2 Å². The Kier molecular flexibility index (Phi) is 5.82. The Morgan fingerprint density at radius 3 is 2.52 bits per heavy atom. The molecule has 0 aromatic carbocycles. The molecule has 1 amide bonds. The maximum Gasteiger partial charge on any atom is 0.236 e. The first-order valence-electron chi connectivity index (χ1n) is 8.78. The molecule has 2 unspecified atom stereocenters. The van der Waals surface area contributed by atoms with Gasteiger partial charge in [-0.2, -0.15) is 9.64 Å². The van der Waals surface area contributed by atoms with Crippen LogP contribution in [0.2, 0.25) is 5.15 Å². The summed E-state index contributed by atoms with van der Waals surface area (Å²) in [6.45, 7) is 9.89. The summed E-state index contributed by atoms with van der Waals surface area (Å²) in [7, 11) is 0. The lowest BCUT2D eigenvalue weighted by molar-refractivity contribution is -0.135. The van der Waals surface area contributed by atoms with E-state index in [1.165, 1.54) is 18.0 Å². The molecule has 0 aliphatic carbocycles. The number of piperidine rings is 1. The number of anilines is 1. The van der Waals surface area contributed by atoms with Crippen molar-refractivity contribution in [3.8, 4) is 6.07 Å². The predicted octanol–water partition coefficient (Wildman–Crippen LogP) is 2.29. The molecule has 3 heterocycles. The number of hydrogen-bond donors (Lipinski definition) is 0. The summed E-state index contributed by atoms with van der Waals surface area (Å²) in [4.78, 5) is 19.0. The Hall–Kier alpha value is -1.36. The van der Waals surface area contributed by atoms with Crippen molar-refractivity contribution in [1.82, 2.24) is 14.2 Å². The molecule has 1 aromatic rings. The average Bonchev–Trinajstić information content (AvgIpc) is 2.95. The second-order valence-electron chi connectivity index (χ2n) is 7.27. The predicted molar refractivity (Wildman–Crippen MR) is 100 cm³/mol. The molecule has 0 radical (unpaired) electrons. The van der Waals surface area contributed by atoms with Crippen LogP contribution in [0.5, 0.6) is 0 Å². The summed E-state index contributed by atoms with van der Waals surface area (Å²) in [5.74, 6) is 1.42. The number of halogens is 1. The minimum absolute atomic E-state index is 0.241. The summed E-state index contributed by atoms with van der Waals surface area (Å²) < 4.78 is 4.07. The number of amides is 1. The fourth-order valence-corrected chi connectivity index (χ4v) is 4.92. The van der Waals surface area contributed by atoms with Gasteiger partial charge in [0, 0.05) is 39.3 Å². The number of carbonyl (C=O) groups is 1. The zero-order valence-corrected chi connectivity index (χ0v) is 16.3. The van der Waals surface area contributed by atoms with Crippen molar-refractivity contribution >= 4 is 34.0 Å². The van der Waals surface area contributed by atoms with Gasteiger partial charge in [-0.1, -0.05) is 25.4 Å². The van der Waals surface area contributed by atoms with E-state index in [4.69, 9.17) is 11.6 Å². The number of rotatable bonds is 3. The number of aromatic nitrogens is 1. The molecule has 136 valence electrons. The van der Waals surface area contributed by atoms with Gasteiger partial charge in [-0.25, -0.2) is 0 Å². The average molecular weight is 382 g/mol. The first-order valence-corrected chi connectivity index (χ1v) is 9.93. The van der Waals surface area contributed by atoms with Crippen LogP contribution in [0.25, 0.3) is 0 Å². The number of nitrogens with zero attached hydrogens (tertiary/aromatic N) is 5. The topological polar surface area (TPSA) is 63.5 Å². The highest BCUT2D eigenvalue weighted by Gasteiger charge is 2.28. The fraction of sp³-hybridized carbons (Fsp3) is 0.706. The Bertz CT molecular complexity index is 654. The van der Waals surface area contributed by atoms with E-state index in [-0.39, 0.29) is 11.1 Å². The van der Waals surface area contributed by atoms with Crippen molar-refractivity contribution in [2.45, 2.75) is 20.3 Å². The van der Waals surface area contributed by atoms with Gasteiger partial charge >= 0.3 is 0 Å². The lowest BCUT2D eigenvalue weighted by atomic mass is 9.92. The number of piperazine rings is 1. The molecule has 3 rings (SSSR count). The normalized spacial score (nSPS) is 25.0. The molecule has 0 saturated carbocycles. The van der Waals surface area contributed by atoms with Gasteiger partial charge in [-0.15, -0.1) is 0 Å². The largest absolute Gasteiger partial charge is 0.358 e. The highest BCUT2D eigenvalue weighted by Crippen LogP contribution is 2.31.